The van der Waals surface area contributed by atoms with Gasteiger partial charge in [0.25, 0.3) is 0 Å². The van der Waals surface area contributed by atoms with E-state index in [0.717, 1.165) is 37.1 Å². The van der Waals surface area contributed by atoms with E-state index in [9.17, 15) is 8.42 Å². The van der Waals surface area contributed by atoms with Crippen LogP contribution < -0.4 is 0 Å². The maximum atomic E-state index is 15.9. The summed E-state index contributed by atoms with van der Waals surface area (Å²) < 4.78 is 41.3. The number of nitrogens with zero attached hydrogens (tertiary/aromatic N) is 4. The molecule has 0 radical (unpaired) electrons. The Morgan fingerprint density at radius 1 is 0.944 bits per heavy atom. The summed E-state index contributed by atoms with van der Waals surface area (Å²) in [5.74, 6) is 0.669. The molecular formula is C28H37FN4O2S. The number of hydrogen-bond acceptors (Lipinski definition) is 5. The number of rotatable bonds is 5. The number of sulfone groups is 1. The molecule has 8 heteroatoms. The molecule has 2 aromatic carbocycles. The molecule has 0 bridgehead atoms. The summed E-state index contributed by atoms with van der Waals surface area (Å²) in [5.41, 5.74) is 2.69. The third-order valence-corrected chi connectivity index (χ3v) is 9.39. The molecule has 5 rings (SSSR count). The van der Waals surface area contributed by atoms with E-state index in [0.29, 0.717) is 28.9 Å². The summed E-state index contributed by atoms with van der Waals surface area (Å²) in [7, 11) is -1.44. The van der Waals surface area contributed by atoms with Crippen molar-refractivity contribution < 1.29 is 12.8 Å². The third-order valence-electron chi connectivity index (χ3n) is 8.26. The van der Waals surface area contributed by atoms with Crippen LogP contribution in [-0.4, -0.2) is 72.3 Å². The lowest BCUT2D eigenvalue weighted by Gasteiger charge is -2.42. The quantitative estimate of drug-likeness (QED) is 0.490. The number of piperidine rings is 2. The van der Waals surface area contributed by atoms with Crippen molar-refractivity contribution in [2.45, 2.75) is 62.4 Å². The fraction of sp³-hybridized carbons (Fsp3) is 0.536. The van der Waals surface area contributed by atoms with E-state index < -0.39 is 9.84 Å². The molecule has 0 aliphatic carbocycles. The van der Waals surface area contributed by atoms with Crippen molar-refractivity contribution in [2.24, 2.45) is 7.05 Å². The minimum atomic E-state index is -3.27. The predicted molar refractivity (Wildman–Crippen MR) is 142 cm³/mol. The Hall–Kier alpha value is -2.29. The van der Waals surface area contributed by atoms with Gasteiger partial charge in [0.05, 0.1) is 10.4 Å². The molecule has 194 valence electrons. The average molecular weight is 513 g/mol. The summed E-state index contributed by atoms with van der Waals surface area (Å²) in [5, 5.41) is 0. The first-order valence-corrected chi connectivity index (χ1v) is 15.0. The zero-order chi connectivity index (χ0) is 25.6. The fourth-order valence-corrected chi connectivity index (χ4v) is 6.67. The Morgan fingerprint density at radius 3 is 2.17 bits per heavy atom. The summed E-state index contributed by atoms with van der Waals surface area (Å²) in [6, 6.07) is 11.7. The van der Waals surface area contributed by atoms with Gasteiger partial charge in [-0.25, -0.2) is 17.8 Å². The second-order valence-corrected chi connectivity index (χ2v) is 12.8. The van der Waals surface area contributed by atoms with Crippen LogP contribution in [0, 0.1) is 5.82 Å². The first-order chi connectivity index (χ1) is 17.1. The van der Waals surface area contributed by atoms with Gasteiger partial charge in [-0.3, -0.25) is 0 Å². The van der Waals surface area contributed by atoms with Crippen LogP contribution in [0.1, 0.15) is 51.0 Å². The van der Waals surface area contributed by atoms with Crippen LogP contribution in [0.15, 0.2) is 41.3 Å². The molecule has 2 aliphatic heterocycles. The molecule has 0 saturated carbocycles. The van der Waals surface area contributed by atoms with Crippen LogP contribution in [0.5, 0.6) is 0 Å². The number of halogens is 1. The van der Waals surface area contributed by atoms with Crippen LogP contribution in [0.3, 0.4) is 0 Å². The second-order valence-electron chi connectivity index (χ2n) is 10.8. The fourth-order valence-electron chi connectivity index (χ4n) is 6.04. The first-order valence-electron chi connectivity index (χ1n) is 13.1. The maximum absolute atomic E-state index is 15.9. The number of likely N-dealkylation sites (tertiary alicyclic amines) is 2. The third kappa shape index (κ3) is 4.83. The number of benzene rings is 2. The summed E-state index contributed by atoms with van der Waals surface area (Å²) >= 11 is 0. The van der Waals surface area contributed by atoms with Gasteiger partial charge in [-0.1, -0.05) is 6.07 Å². The normalized spacial score (nSPS) is 19.5. The van der Waals surface area contributed by atoms with Crippen molar-refractivity contribution in [2.75, 3.05) is 32.4 Å². The smallest absolute Gasteiger partial charge is 0.175 e. The molecule has 2 aliphatic rings. The highest BCUT2D eigenvalue weighted by molar-refractivity contribution is 7.90. The van der Waals surface area contributed by atoms with E-state index in [1.54, 1.807) is 28.8 Å². The first kappa shape index (κ1) is 25.4. The second kappa shape index (κ2) is 9.88. The zero-order valence-electron chi connectivity index (χ0n) is 21.7. The molecule has 0 atom stereocenters. The Labute approximate surface area is 214 Å². The van der Waals surface area contributed by atoms with E-state index in [4.69, 9.17) is 0 Å². The summed E-state index contributed by atoms with van der Waals surface area (Å²) in [6.45, 7) is 8.95. The Morgan fingerprint density at radius 2 is 1.58 bits per heavy atom. The van der Waals surface area contributed by atoms with Crippen molar-refractivity contribution in [1.29, 1.82) is 0 Å². The van der Waals surface area contributed by atoms with Gasteiger partial charge in [-0.15, -0.1) is 0 Å². The SMILES string of the molecule is CC(C)N1CCC(N2CCC(c3ccc4nc(-c5ccc(S(C)(=O)=O)cc5)n(C)c4c3F)CC2)CC1. The van der Waals surface area contributed by atoms with E-state index in [1.165, 1.54) is 32.2 Å². The van der Waals surface area contributed by atoms with Crippen molar-refractivity contribution >= 4 is 20.9 Å². The van der Waals surface area contributed by atoms with Crippen molar-refractivity contribution in [3.63, 3.8) is 0 Å². The van der Waals surface area contributed by atoms with Crippen molar-refractivity contribution in [3.8, 4) is 11.4 Å². The number of aryl methyl sites for hydroxylation is 1. The minimum absolute atomic E-state index is 0.176. The van der Waals surface area contributed by atoms with Gasteiger partial charge < -0.3 is 14.4 Å². The predicted octanol–water partition coefficient (Wildman–Crippen LogP) is 4.84. The van der Waals surface area contributed by atoms with Gasteiger partial charge in [-0.05, 0) is 108 Å². The lowest BCUT2D eigenvalue weighted by atomic mass is 9.87. The number of imidazole rings is 1. The van der Waals surface area contributed by atoms with E-state index >= 15 is 4.39 Å². The topological polar surface area (TPSA) is 58.4 Å². The molecule has 0 N–H and O–H groups in total. The van der Waals surface area contributed by atoms with E-state index in [2.05, 4.69) is 28.6 Å². The van der Waals surface area contributed by atoms with Crippen molar-refractivity contribution in [1.82, 2.24) is 19.4 Å². The van der Waals surface area contributed by atoms with Crippen molar-refractivity contribution in [3.05, 3.63) is 47.8 Å². The van der Waals surface area contributed by atoms with E-state index in [-0.39, 0.29) is 16.6 Å². The standard InChI is InChI=1S/C28H37FN4O2S/c1-19(2)32-17-13-22(14-18-32)33-15-11-20(12-16-33)24-9-10-25-27(26(24)29)31(3)28(30-25)21-5-7-23(8-6-21)36(4,34)35/h5-10,19-20,22H,11-18H2,1-4H3. The van der Waals surface area contributed by atoms with Gasteiger partial charge in [0, 0.05) is 31.0 Å². The summed E-state index contributed by atoms with van der Waals surface area (Å²) in [6.07, 6.45) is 5.60. The molecule has 2 saturated heterocycles. The molecular weight excluding hydrogens is 475 g/mol. The highest BCUT2D eigenvalue weighted by Gasteiger charge is 2.31. The zero-order valence-corrected chi connectivity index (χ0v) is 22.6. The number of aromatic nitrogens is 2. The summed E-state index contributed by atoms with van der Waals surface area (Å²) in [4.78, 5) is 10.1. The molecule has 3 aromatic rings. The molecule has 1 aromatic heterocycles. The highest BCUT2D eigenvalue weighted by Crippen LogP contribution is 2.36. The Balaban J connectivity index is 1.32. The molecule has 6 nitrogen and oxygen atoms in total. The Bertz CT molecular complexity index is 1330. The van der Waals surface area contributed by atoms with Crippen LogP contribution in [0.2, 0.25) is 0 Å². The van der Waals surface area contributed by atoms with Crippen LogP contribution >= 0.6 is 0 Å². The molecule has 0 amide bonds. The van der Waals surface area contributed by atoms with Crippen LogP contribution in [-0.2, 0) is 16.9 Å². The van der Waals surface area contributed by atoms with Crippen LogP contribution in [0.4, 0.5) is 4.39 Å². The number of fused-ring (bicyclic) bond motifs is 1. The molecule has 0 spiro atoms. The molecule has 2 fully saturated rings. The van der Waals surface area contributed by atoms with Gasteiger partial charge in [0.2, 0.25) is 0 Å². The van der Waals surface area contributed by atoms with E-state index in [1.807, 2.05) is 19.2 Å². The molecule has 36 heavy (non-hydrogen) atoms. The minimum Gasteiger partial charge on any atom is -0.325 e. The highest BCUT2D eigenvalue weighted by atomic mass is 32.2. The van der Waals surface area contributed by atoms with Gasteiger partial charge in [0.15, 0.2) is 15.7 Å². The Kier molecular flexibility index (Phi) is 6.96. The van der Waals surface area contributed by atoms with Gasteiger partial charge >= 0.3 is 0 Å². The monoisotopic (exact) mass is 512 g/mol. The van der Waals surface area contributed by atoms with Gasteiger partial charge in [0.1, 0.15) is 11.3 Å². The average Bonchev–Trinajstić information content (AvgIpc) is 3.21. The lowest BCUT2D eigenvalue weighted by molar-refractivity contribution is 0.0751. The largest absolute Gasteiger partial charge is 0.325 e. The van der Waals surface area contributed by atoms with Gasteiger partial charge in [-0.2, -0.15) is 0 Å². The van der Waals surface area contributed by atoms with Crippen LogP contribution in [0.25, 0.3) is 22.4 Å². The molecule has 0 unspecified atom stereocenters. The maximum Gasteiger partial charge on any atom is 0.175 e. The number of hydrogen-bond donors (Lipinski definition) is 0. The molecule has 3 heterocycles. The lowest BCUT2D eigenvalue weighted by Crippen LogP contribution is -2.48.